The minimum absolute atomic E-state index is 0.489. The van der Waals surface area contributed by atoms with Crippen LogP contribution in [0.1, 0.15) is 18.5 Å². The maximum atomic E-state index is 9.18. The van der Waals surface area contributed by atoms with E-state index in [1.54, 1.807) is 7.11 Å². The van der Waals surface area contributed by atoms with Crippen molar-refractivity contribution in [3.63, 3.8) is 0 Å². The Kier molecular flexibility index (Phi) is 4.03. The first kappa shape index (κ1) is 13.8. The lowest BCUT2D eigenvalue weighted by molar-refractivity contribution is 0.139. The quantitative estimate of drug-likeness (QED) is 0.868. The van der Waals surface area contributed by atoms with E-state index in [2.05, 4.69) is 22.0 Å². The Morgan fingerprint density at radius 2 is 2.10 bits per heavy atom. The molecule has 0 radical (unpaired) electrons. The highest BCUT2D eigenvalue weighted by molar-refractivity contribution is 5.92. The Hall–Kier alpha value is -2.12. The Morgan fingerprint density at radius 1 is 1.33 bits per heavy atom. The molecule has 0 amide bonds. The fraction of sp³-hybridized carbons (Fsp3) is 0.412. The Bertz CT molecular complexity index is 669. The van der Waals surface area contributed by atoms with Crippen molar-refractivity contribution in [2.24, 2.45) is 5.92 Å². The molecule has 0 bridgehead atoms. The van der Waals surface area contributed by atoms with Gasteiger partial charge in [0.15, 0.2) is 0 Å². The van der Waals surface area contributed by atoms with Crippen molar-refractivity contribution < 1.29 is 4.74 Å². The SMILES string of the molecule is COCC1CCN(c2cc(C#N)nc3ccccc23)CC1. The summed E-state index contributed by atoms with van der Waals surface area (Å²) in [6.45, 7) is 2.86. The molecular formula is C17H19N3O. The normalized spacial score (nSPS) is 16.1. The first-order valence-corrected chi connectivity index (χ1v) is 7.35. The summed E-state index contributed by atoms with van der Waals surface area (Å²) in [5.41, 5.74) is 2.52. The minimum atomic E-state index is 0.489. The number of hydrogen-bond donors (Lipinski definition) is 0. The molecule has 1 aromatic carbocycles. The number of nitrogens with zero attached hydrogens (tertiary/aromatic N) is 3. The van der Waals surface area contributed by atoms with Gasteiger partial charge >= 0.3 is 0 Å². The Balaban J connectivity index is 1.92. The largest absolute Gasteiger partial charge is 0.384 e. The number of benzene rings is 1. The molecule has 0 atom stereocenters. The zero-order valence-electron chi connectivity index (χ0n) is 12.2. The standard InChI is InChI=1S/C17H19N3O/c1-21-12-13-6-8-20(9-7-13)17-10-14(11-18)19-16-5-3-2-4-15(16)17/h2-5,10,13H,6-9,12H2,1H3. The van der Waals surface area contributed by atoms with Gasteiger partial charge in [-0.2, -0.15) is 5.26 Å². The van der Waals surface area contributed by atoms with Crippen LogP contribution in [0.2, 0.25) is 0 Å². The summed E-state index contributed by atoms with van der Waals surface area (Å²) in [6.07, 6.45) is 2.26. The first-order valence-electron chi connectivity index (χ1n) is 7.35. The predicted molar refractivity (Wildman–Crippen MR) is 83.3 cm³/mol. The van der Waals surface area contributed by atoms with E-state index in [1.165, 1.54) is 0 Å². The number of para-hydroxylation sites is 1. The van der Waals surface area contributed by atoms with E-state index in [0.29, 0.717) is 11.6 Å². The number of nitriles is 1. The zero-order chi connectivity index (χ0) is 14.7. The van der Waals surface area contributed by atoms with Gasteiger partial charge in [0.05, 0.1) is 5.52 Å². The molecule has 2 aromatic rings. The van der Waals surface area contributed by atoms with E-state index in [4.69, 9.17) is 4.74 Å². The first-order chi connectivity index (χ1) is 10.3. The van der Waals surface area contributed by atoms with Gasteiger partial charge in [0.1, 0.15) is 11.8 Å². The number of rotatable bonds is 3. The zero-order valence-corrected chi connectivity index (χ0v) is 12.2. The monoisotopic (exact) mass is 281 g/mol. The lowest BCUT2D eigenvalue weighted by atomic mass is 9.97. The van der Waals surface area contributed by atoms with Crippen LogP contribution >= 0.6 is 0 Å². The van der Waals surface area contributed by atoms with Gasteiger partial charge in [-0.05, 0) is 30.9 Å². The van der Waals surface area contributed by atoms with Crippen molar-refractivity contribution in [3.05, 3.63) is 36.0 Å². The fourth-order valence-corrected chi connectivity index (χ4v) is 3.05. The number of hydrogen-bond acceptors (Lipinski definition) is 4. The second-order valence-corrected chi connectivity index (χ2v) is 5.54. The Morgan fingerprint density at radius 3 is 2.81 bits per heavy atom. The molecule has 1 fully saturated rings. The molecule has 2 heterocycles. The molecule has 0 unspecified atom stereocenters. The maximum Gasteiger partial charge on any atom is 0.143 e. The number of methoxy groups -OCH3 is 1. The molecule has 4 heteroatoms. The number of ether oxygens (including phenoxy) is 1. The summed E-state index contributed by atoms with van der Waals surface area (Å²) >= 11 is 0. The molecule has 0 N–H and O–H groups in total. The maximum absolute atomic E-state index is 9.18. The highest BCUT2D eigenvalue weighted by atomic mass is 16.5. The second kappa shape index (κ2) is 6.11. The summed E-state index contributed by atoms with van der Waals surface area (Å²) < 4.78 is 5.26. The van der Waals surface area contributed by atoms with Crippen LogP contribution in [0, 0.1) is 17.2 Å². The third-order valence-corrected chi connectivity index (χ3v) is 4.17. The van der Waals surface area contributed by atoms with Crippen molar-refractivity contribution >= 4 is 16.6 Å². The summed E-state index contributed by atoms with van der Waals surface area (Å²) in [7, 11) is 1.77. The molecule has 1 saturated heterocycles. The summed E-state index contributed by atoms with van der Waals surface area (Å²) in [5, 5.41) is 10.3. The Labute approximate surface area is 125 Å². The molecule has 0 aliphatic carbocycles. The molecule has 0 spiro atoms. The summed E-state index contributed by atoms with van der Waals surface area (Å²) in [5.74, 6) is 0.648. The van der Waals surface area contributed by atoms with Crippen LogP contribution < -0.4 is 4.90 Å². The van der Waals surface area contributed by atoms with Crippen LogP contribution in [0.15, 0.2) is 30.3 Å². The average molecular weight is 281 g/mol. The molecule has 108 valence electrons. The van der Waals surface area contributed by atoms with Crippen molar-refractivity contribution in [3.8, 4) is 6.07 Å². The molecule has 3 rings (SSSR count). The van der Waals surface area contributed by atoms with Gasteiger partial charge < -0.3 is 9.64 Å². The van der Waals surface area contributed by atoms with E-state index in [0.717, 1.165) is 49.1 Å². The lowest BCUT2D eigenvalue weighted by Gasteiger charge is -2.34. The lowest BCUT2D eigenvalue weighted by Crippen LogP contribution is -2.35. The molecule has 21 heavy (non-hydrogen) atoms. The highest BCUT2D eigenvalue weighted by Crippen LogP contribution is 2.30. The van der Waals surface area contributed by atoms with E-state index in [-0.39, 0.29) is 0 Å². The number of fused-ring (bicyclic) bond motifs is 1. The number of anilines is 1. The van der Waals surface area contributed by atoms with Gasteiger partial charge in [0, 0.05) is 37.9 Å². The van der Waals surface area contributed by atoms with Gasteiger partial charge in [0.25, 0.3) is 0 Å². The van der Waals surface area contributed by atoms with Crippen LogP contribution in [-0.2, 0) is 4.74 Å². The topological polar surface area (TPSA) is 49.1 Å². The number of aromatic nitrogens is 1. The van der Waals surface area contributed by atoms with E-state index in [1.807, 2.05) is 24.3 Å². The summed E-state index contributed by atoms with van der Waals surface area (Å²) in [4.78, 5) is 6.76. The van der Waals surface area contributed by atoms with E-state index < -0.39 is 0 Å². The van der Waals surface area contributed by atoms with Crippen molar-refractivity contribution in [1.82, 2.24) is 4.98 Å². The van der Waals surface area contributed by atoms with Crippen molar-refractivity contribution in [2.75, 3.05) is 31.7 Å². The van der Waals surface area contributed by atoms with Crippen LogP contribution in [0.5, 0.6) is 0 Å². The number of pyridine rings is 1. The van der Waals surface area contributed by atoms with Gasteiger partial charge in [-0.25, -0.2) is 4.98 Å². The van der Waals surface area contributed by atoms with Crippen LogP contribution in [0.3, 0.4) is 0 Å². The van der Waals surface area contributed by atoms with Crippen molar-refractivity contribution in [1.29, 1.82) is 5.26 Å². The van der Waals surface area contributed by atoms with Crippen LogP contribution in [-0.4, -0.2) is 31.8 Å². The molecule has 1 aliphatic heterocycles. The van der Waals surface area contributed by atoms with E-state index in [9.17, 15) is 5.26 Å². The fourth-order valence-electron chi connectivity index (χ4n) is 3.05. The van der Waals surface area contributed by atoms with Gasteiger partial charge in [-0.15, -0.1) is 0 Å². The summed E-state index contributed by atoms with van der Waals surface area (Å²) in [6, 6.07) is 12.1. The van der Waals surface area contributed by atoms with Crippen LogP contribution in [0.4, 0.5) is 5.69 Å². The van der Waals surface area contributed by atoms with Gasteiger partial charge in [-0.1, -0.05) is 18.2 Å². The van der Waals surface area contributed by atoms with Crippen LogP contribution in [0.25, 0.3) is 10.9 Å². The van der Waals surface area contributed by atoms with Gasteiger partial charge in [-0.3, -0.25) is 0 Å². The highest BCUT2D eigenvalue weighted by Gasteiger charge is 2.21. The predicted octanol–water partition coefficient (Wildman–Crippen LogP) is 2.97. The second-order valence-electron chi connectivity index (χ2n) is 5.54. The average Bonchev–Trinajstić information content (AvgIpc) is 2.55. The van der Waals surface area contributed by atoms with Crippen molar-refractivity contribution in [2.45, 2.75) is 12.8 Å². The minimum Gasteiger partial charge on any atom is -0.384 e. The smallest absolute Gasteiger partial charge is 0.143 e. The van der Waals surface area contributed by atoms with Gasteiger partial charge in [0.2, 0.25) is 0 Å². The molecule has 0 saturated carbocycles. The molecular weight excluding hydrogens is 262 g/mol. The van der Waals surface area contributed by atoms with E-state index >= 15 is 0 Å². The molecule has 4 nitrogen and oxygen atoms in total. The molecule has 1 aromatic heterocycles. The third kappa shape index (κ3) is 2.84. The molecule has 1 aliphatic rings. The third-order valence-electron chi connectivity index (χ3n) is 4.17. The number of piperidine rings is 1.